The summed E-state index contributed by atoms with van der Waals surface area (Å²) in [6, 6.07) is 1.09. The molecule has 0 amide bonds. The first-order chi connectivity index (χ1) is 10.2. The smallest absolute Gasteiger partial charge is 0.188 e. The van der Waals surface area contributed by atoms with E-state index in [1.165, 1.54) is 64.5 Å². The minimum absolute atomic E-state index is 0.542. The molecule has 1 saturated heterocycles. The first-order valence-electron chi connectivity index (χ1n) is 8.97. The molecule has 0 radical (unpaired) electrons. The standard InChI is InChI=1S/C17H34N4/c1-14(2)16(21-11-7-8-12-21)13-19-17(18)20-15-9-5-3-4-6-10-15/h14-16H,3-13H2,1-2H3,(H3,18,19,20). The number of rotatable bonds is 5. The van der Waals surface area contributed by atoms with Crippen molar-refractivity contribution < 1.29 is 0 Å². The van der Waals surface area contributed by atoms with Crippen LogP contribution in [-0.4, -0.2) is 42.6 Å². The van der Waals surface area contributed by atoms with Crippen LogP contribution >= 0.6 is 0 Å². The van der Waals surface area contributed by atoms with Crippen LogP contribution in [0.15, 0.2) is 4.99 Å². The van der Waals surface area contributed by atoms with Crippen LogP contribution in [0.25, 0.3) is 0 Å². The van der Waals surface area contributed by atoms with Crippen molar-refractivity contribution in [2.75, 3.05) is 19.6 Å². The fourth-order valence-corrected chi connectivity index (χ4v) is 3.69. The molecule has 122 valence electrons. The second kappa shape index (κ2) is 8.62. The average molecular weight is 294 g/mol. The highest BCUT2D eigenvalue weighted by Crippen LogP contribution is 2.19. The fourth-order valence-electron chi connectivity index (χ4n) is 3.69. The van der Waals surface area contributed by atoms with Crippen LogP contribution in [0.2, 0.25) is 0 Å². The van der Waals surface area contributed by atoms with Gasteiger partial charge in [-0.2, -0.15) is 0 Å². The van der Waals surface area contributed by atoms with E-state index in [1.54, 1.807) is 0 Å². The molecule has 1 saturated carbocycles. The molecule has 2 rings (SSSR count). The van der Waals surface area contributed by atoms with Crippen molar-refractivity contribution in [3.63, 3.8) is 0 Å². The van der Waals surface area contributed by atoms with Gasteiger partial charge in [-0.05, 0) is 44.7 Å². The number of likely N-dealkylation sites (tertiary alicyclic amines) is 1. The van der Waals surface area contributed by atoms with E-state index in [0.29, 0.717) is 24.0 Å². The molecule has 1 aliphatic carbocycles. The lowest BCUT2D eigenvalue weighted by molar-refractivity contribution is 0.197. The second-order valence-electron chi connectivity index (χ2n) is 7.11. The van der Waals surface area contributed by atoms with E-state index in [4.69, 9.17) is 5.73 Å². The Morgan fingerprint density at radius 1 is 1.10 bits per heavy atom. The predicted molar refractivity (Wildman–Crippen MR) is 90.5 cm³/mol. The number of hydrogen-bond donors (Lipinski definition) is 2. The Morgan fingerprint density at radius 2 is 1.71 bits per heavy atom. The number of nitrogens with one attached hydrogen (secondary N) is 1. The summed E-state index contributed by atoms with van der Waals surface area (Å²) in [6.45, 7) is 7.90. The Labute approximate surface area is 130 Å². The second-order valence-corrected chi connectivity index (χ2v) is 7.11. The minimum atomic E-state index is 0.542. The normalized spacial score (nSPS) is 24.2. The van der Waals surface area contributed by atoms with Gasteiger partial charge in [-0.25, -0.2) is 0 Å². The Hall–Kier alpha value is -0.770. The zero-order valence-electron chi connectivity index (χ0n) is 14.0. The summed E-state index contributed by atoms with van der Waals surface area (Å²) >= 11 is 0. The van der Waals surface area contributed by atoms with Gasteiger partial charge in [-0.3, -0.25) is 9.89 Å². The number of nitrogens with zero attached hydrogens (tertiary/aromatic N) is 2. The SMILES string of the molecule is CC(C)C(CN=C(N)NC1CCCCCC1)N1CCCC1. The maximum atomic E-state index is 6.12. The van der Waals surface area contributed by atoms with Crippen molar-refractivity contribution >= 4 is 5.96 Å². The van der Waals surface area contributed by atoms with Gasteiger partial charge >= 0.3 is 0 Å². The highest BCUT2D eigenvalue weighted by molar-refractivity contribution is 5.78. The lowest BCUT2D eigenvalue weighted by Crippen LogP contribution is -2.43. The third kappa shape index (κ3) is 5.50. The summed E-state index contributed by atoms with van der Waals surface area (Å²) in [5, 5.41) is 3.45. The van der Waals surface area contributed by atoms with Gasteiger partial charge in [0, 0.05) is 12.1 Å². The summed E-state index contributed by atoms with van der Waals surface area (Å²) in [7, 11) is 0. The molecule has 21 heavy (non-hydrogen) atoms. The Kier molecular flexibility index (Phi) is 6.81. The highest BCUT2D eigenvalue weighted by atomic mass is 15.2. The van der Waals surface area contributed by atoms with Crippen molar-refractivity contribution in [2.24, 2.45) is 16.6 Å². The topological polar surface area (TPSA) is 53.6 Å². The van der Waals surface area contributed by atoms with Gasteiger partial charge in [0.05, 0.1) is 6.54 Å². The summed E-state index contributed by atoms with van der Waals surface area (Å²) in [5.74, 6) is 1.30. The molecule has 3 N–H and O–H groups in total. The van der Waals surface area contributed by atoms with Gasteiger partial charge in [0.15, 0.2) is 5.96 Å². The van der Waals surface area contributed by atoms with Crippen molar-refractivity contribution in [2.45, 2.75) is 77.3 Å². The monoisotopic (exact) mass is 294 g/mol. The molecule has 0 spiro atoms. The zero-order chi connectivity index (χ0) is 15.1. The largest absolute Gasteiger partial charge is 0.370 e. The molecule has 0 aromatic rings. The van der Waals surface area contributed by atoms with Gasteiger partial charge in [0.2, 0.25) is 0 Å². The molecule has 1 unspecified atom stereocenters. The third-order valence-corrected chi connectivity index (χ3v) is 5.04. The van der Waals surface area contributed by atoms with Crippen molar-refractivity contribution in [3.8, 4) is 0 Å². The molecule has 2 aliphatic rings. The molecule has 2 fully saturated rings. The summed E-state index contributed by atoms with van der Waals surface area (Å²) in [6.07, 6.45) is 10.6. The fraction of sp³-hybridized carbons (Fsp3) is 0.941. The zero-order valence-corrected chi connectivity index (χ0v) is 14.0. The van der Waals surface area contributed by atoms with Gasteiger partial charge in [-0.15, -0.1) is 0 Å². The van der Waals surface area contributed by atoms with Crippen LogP contribution in [-0.2, 0) is 0 Å². The first kappa shape index (κ1) is 16.6. The molecule has 1 heterocycles. The summed E-state index contributed by atoms with van der Waals surface area (Å²) < 4.78 is 0. The lowest BCUT2D eigenvalue weighted by Gasteiger charge is -2.29. The molecule has 4 nitrogen and oxygen atoms in total. The van der Waals surface area contributed by atoms with E-state index in [0.717, 1.165) is 6.54 Å². The Bertz CT molecular complexity index is 313. The van der Waals surface area contributed by atoms with E-state index in [9.17, 15) is 0 Å². The lowest BCUT2D eigenvalue weighted by atomic mass is 10.0. The van der Waals surface area contributed by atoms with Crippen LogP contribution in [0.1, 0.15) is 65.2 Å². The van der Waals surface area contributed by atoms with Crippen molar-refractivity contribution in [3.05, 3.63) is 0 Å². The number of nitrogens with two attached hydrogens (primary N) is 1. The van der Waals surface area contributed by atoms with Gasteiger partial charge in [-0.1, -0.05) is 39.5 Å². The van der Waals surface area contributed by atoms with E-state index in [2.05, 4.69) is 29.1 Å². The molecule has 0 bridgehead atoms. The Morgan fingerprint density at radius 3 is 2.29 bits per heavy atom. The third-order valence-electron chi connectivity index (χ3n) is 5.04. The number of hydrogen-bond acceptors (Lipinski definition) is 2. The van der Waals surface area contributed by atoms with Crippen molar-refractivity contribution in [1.29, 1.82) is 0 Å². The van der Waals surface area contributed by atoms with E-state index in [-0.39, 0.29) is 0 Å². The van der Waals surface area contributed by atoms with E-state index >= 15 is 0 Å². The summed E-state index contributed by atoms with van der Waals surface area (Å²) in [5.41, 5.74) is 6.12. The first-order valence-corrected chi connectivity index (χ1v) is 8.97. The van der Waals surface area contributed by atoms with Gasteiger partial charge in [0.25, 0.3) is 0 Å². The molecule has 0 aromatic carbocycles. The molecule has 1 aliphatic heterocycles. The van der Waals surface area contributed by atoms with Crippen LogP contribution < -0.4 is 11.1 Å². The Balaban J connectivity index is 1.82. The number of aliphatic imine (C=N–C) groups is 1. The molecular formula is C17H34N4. The quantitative estimate of drug-likeness (QED) is 0.466. The van der Waals surface area contributed by atoms with Gasteiger partial charge < -0.3 is 11.1 Å². The van der Waals surface area contributed by atoms with Crippen LogP contribution in [0.3, 0.4) is 0 Å². The maximum Gasteiger partial charge on any atom is 0.188 e. The minimum Gasteiger partial charge on any atom is -0.370 e. The van der Waals surface area contributed by atoms with Crippen LogP contribution in [0.4, 0.5) is 0 Å². The predicted octanol–water partition coefficient (Wildman–Crippen LogP) is 2.73. The van der Waals surface area contributed by atoms with Gasteiger partial charge in [0.1, 0.15) is 0 Å². The molecular weight excluding hydrogens is 260 g/mol. The maximum absolute atomic E-state index is 6.12. The van der Waals surface area contributed by atoms with E-state index in [1.807, 2.05) is 0 Å². The number of guanidine groups is 1. The highest BCUT2D eigenvalue weighted by Gasteiger charge is 2.24. The molecule has 4 heteroatoms. The van der Waals surface area contributed by atoms with E-state index < -0.39 is 0 Å². The van der Waals surface area contributed by atoms with Crippen LogP contribution in [0, 0.1) is 5.92 Å². The average Bonchev–Trinajstić information content (AvgIpc) is 2.84. The van der Waals surface area contributed by atoms with Crippen molar-refractivity contribution in [1.82, 2.24) is 10.2 Å². The molecule has 0 aromatic heterocycles. The molecule has 1 atom stereocenters. The van der Waals surface area contributed by atoms with Crippen LogP contribution in [0.5, 0.6) is 0 Å². The summed E-state index contributed by atoms with van der Waals surface area (Å²) in [4.78, 5) is 7.25.